The van der Waals surface area contributed by atoms with E-state index < -0.39 is 10.0 Å². The lowest BCUT2D eigenvalue weighted by Crippen LogP contribution is -2.30. The minimum absolute atomic E-state index is 0.0721. The zero-order valence-corrected chi connectivity index (χ0v) is 19.6. The van der Waals surface area contributed by atoms with E-state index >= 15 is 0 Å². The number of amides is 1. The van der Waals surface area contributed by atoms with E-state index in [9.17, 15) is 17.6 Å². The lowest BCUT2D eigenvalue weighted by atomic mass is 10.1. The van der Waals surface area contributed by atoms with Crippen LogP contribution in [0.3, 0.4) is 0 Å². The van der Waals surface area contributed by atoms with E-state index in [1.54, 1.807) is 44.2 Å². The molecule has 0 bridgehead atoms. The molecule has 1 aromatic heterocycles. The molecule has 1 N–H and O–H groups in total. The van der Waals surface area contributed by atoms with Gasteiger partial charge in [-0.3, -0.25) is 4.79 Å². The third kappa shape index (κ3) is 5.61. The van der Waals surface area contributed by atoms with Crippen molar-refractivity contribution in [2.75, 3.05) is 25.5 Å². The highest BCUT2D eigenvalue weighted by molar-refractivity contribution is 7.89. The van der Waals surface area contributed by atoms with Crippen LogP contribution in [0.15, 0.2) is 63.9 Å². The number of hydrogen-bond donors (Lipinski definition) is 1. The standard InChI is InChI=1S/C24H27FN2O5S/c1-4-27(5-2)33(29,30)18-12-14-23(31-3)21(16-18)26-24(28)15-11-17-10-13-22(32-17)19-8-6-7-9-20(19)25/h6-10,12-14,16H,4-5,11,15H2,1-3H3,(H,26,28). The number of nitrogens with one attached hydrogen (secondary N) is 1. The van der Waals surface area contributed by atoms with Crippen LogP contribution in [0.25, 0.3) is 11.3 Å². The Balaban J connectivity index is 1.71. The van der Waals surface area contributed by atoms with Gasteiger partial charge in [-0.1, -0.05) is 26.0 Å². The molecule has 9 heteroatoms. The number of furan rings is 1. The third-order valence-corrected chi connectivity index (χ3v) is 7.23. The summed E-state index contributed by atoms with van der Waals surface area (Å²) >= 11 is 0. The van der Waals surface area contributed by atoms with Gasteiger partial charge in [0.25, 0.3) is 0 Å². The van der Waals surface area contributed by atoms with Gasteiger partial charge in [-0.25, -0.2) is 12.8 Å². The molecule has 0 unspecified atom stereocenters. The molecule has 1 amide bonds. The van der Waals surface area contributed by atoms with Crippen molar-refractivity contribution in [3.05, 3.63) is 66.2 Å². The van der Waals surface area contributed by atoms with Crippen LogP contribution in [0, 0.1) is 5.82 Å². The van der Waals surface area contributed by atoms with Crippen LogP contribution in [-0.4, -0.2) is 38.8 Å². The van der Waals surface area contributed by atoms with Gasteiger partial charge in [-0.05, 0) is 42.5 Å². The number of carbonyl (C=O) groups excluding carboxylic acids is 1. The van der Waals surface area contributed by atoms with Crippen molar-refractivity contribution in [2.24, 2.45) is 0 Å². The molecular formula is C24H27FN2O5S. The maximum absolute atomic E-state index is 13.9. The highest BCUT2D eigenvalue weighted by Crippen LogP contribution is 2.29. The van der Waals surface area contributed by atoms with Gasteiger partial charge in [0.05, 0.1) is 23.3 Å². The smallest absolute Gasteiger partial charge is 0.243 e. The highest BCUT2D eigenvalue weighted by Gasteiger charge is 2.23. The SMILES string of the molecule is CCN(CC)S(=O)(=O)c1ccc(OC)c(NC(=O)CCc2ccc(-c3ccccc3F)o2)c1. The molecule has 3 aromatic rings. The fraction of sp³-hybridized carbons (Fsp3) is 0.292. The second-order valence-corrected chi connectivity index (χ2v) is 9.18. The van der Waals surface area contributed by atoms with Gasteiger partial charge in [0.1, 0.15) is 23.1 Å². The average molecular weight is 475 g/mol. The van der Waals surface area contributed by atoms with Crippen molar-refractivity contribution < 1.29 is 26.8 Å². The number of halogens is 1. The molecule has 0 atom stereocenters. The molecule has 3 rings (SSSR count). The maximum atomic E-state index is 13.9. The molecule has 0 radical (unpaired) electrons. The van der Waals surface area contributed by atoms with E-state index in [2.05, 4.69) is 5.32 Å². The Kier molecular flexibility index (Phi) is 7.88. The molecule has 7 nitrogen and oxygen atoms in total. The van der Waals surface area contributed by atoms with Crippen LogP contribution in [-0.2, 0) is 21.2 Å². The van der Waals surface area contributed by atoms with Gasteiger partial charge >= 0.3 is 0 Å². The zero-order valence-electron chi connectivity index (χ0n) is 18.8. The summed E-state index contributed by atoms with van der Waals surface area (Å²) in [5, 5.41) is 2.72. The number of sulfonamides is 1. The average Bonchev–Trinajstić information content (AvgIpc) is 3.27. The maximum Gasteiger partial charge on any atom is 0.243 e. The quantitative estimate of drug-likeness (QED) is 0.460. The molecule has 0 aliphatic rings. The Labute approximate surface area is 193 Å². The number of benzene rings is 2. The van der Waals surface area contributed by atoms with E-state index in [0.29, 0.717) is 42.3 Å². The summed E-state index contributed by atoms with van der Waals surface area (Å²) in [5.41, 5.74) is 0.617. The first-order chi connectivity index (χ1) is 15.8. The van der Waals surface area contributed by atoms with Crippen molar-refractivity contribution in [3.63, 3.8) is 0 Å². The summed E-state index contributed by atoms with van der Waals surface area (Å²) in [6, 6.07) is 14.0. The van der Waals surface area contributed by atoms with Crippen LogP contribution in [0.2, 0.25) is 0 Å². The molecule has 0 spiro atoms. The van der Waals surface area contributed by atoms with Gasteiger partial charge < -0.3 is 14.5 Å². The largest absolute Gasteiger partial charge is 0.495 e. The van der Waals surface area contributed by atoms with Crippen molar-refractivity contribution in [1.82, 2.24) is 4.31 Å². The number of hydrogen-bond acceptors (Lipinski definition) is 5. The zero-order chi connectivity index (χ0) is 24.0. The van der Waals surface area contributed by atoms with Crippen molar-refractivity contribution >= 4 is 21.6 Å². The molecule has 33 heavy (non-hydrogen) atoms. The third-order valence-electron chi connectivity index (χ3n) is 5.19. The minimum atomic E-state index is -3.69. The summed E-state index contributed by atoms with van der Waals surface area (Å²) in [6.07, 6.45) is 0.375. The lowest BCUT2D eigenvalue weighted by molar-refractivity contribution is -0.116. The van der Waals surface area contributed by atoms with Crippen LogP contribution in [0.4, 0.5) is 10.1 Å². The van der Waals surface area contributed by atoms with E-state index in [4.69, 9.17) is 9.15 Å². The molecule has 0 saturated heterocycles. The number of anilines is 1. The van der Waals surface area contributed by atoms with E-state index in [1.165, 1.54) is 35.7 Å². The number of aryl methyl sites for hydroxylation is 1. The summed E-state index contributed by atoms with van der Waals surface area (Å²) in [5.74, 6) is 0.548. The number of rotatable bonds is 10. The normalized spacial score (nSPS) is 11.5. The number of ether oxygens (including phenoxy) is 1. The molecule has 0 aliphatic heterocycles. The first-order valence-electron chi connectivity index (χ1n) is 10.6. The minimum Gasteiger partial charge on any atom is -0.495 e. The van der Waals surface area contributed by atoms with E-state index in [1.807, 2.05) is 0 Å². The Bertz CT molecular complexity index is 1220. The van der Waals surface area contributed by atoms with Crippen LogP contribution < -0.4 is 10.1 Å². The van der Waals surface area contributed by atoms with Gasteiger partial charge in [-0.2, -0.15) is 4.31 Å². The monoisotopic (exact) mass is 474 g/mol. The van der Waals surface area contributed by atoms with Gasteiger partial charge in [0.2, 0.25) is 15.9 Å². The fourth-order valence-electron chi connectivity index (χ4n) is 3.43. The first-order valence-corrected chi connectivity index (χ1v) is 12.1. The molecule has 2 aromatic carbocycles. The summed E-state index contributed by atoms with van der Waals surface area (Å²) < 4.78 is 51.9. The Morgan fingerprint density at radius 3 is 2.48 bits per heavy atom. The number of methoxy groups -OCH3 is 1. The Morgan fingerprint density at radius 2 is 1.82 bits per heavy atom. The molecule has 176 valence electrons. The van der Waals surface area contributed by atoms with Crippen LogP contribution >= 0.6 is 0 Å². The molecule has 0 saturated carbocycles. The fourth-order valence-corrected chi connectivity index (χ4v) is 4.91. The second-order valence-electron chi connectivity index (χ2n) is 7.25. The van der Waals surface area contributed by atoms with Gasteiger partial charge in [0, 0.05) is 25.9 Å². The molecule has 0 aliphatic carbocycles. The Morgan fingerprint density at radius 1 is 1.09 bits per heavy atom. The van der Waals surface area contributed by atoms with Crippen molar-refractivity contribution in [1.29, 1.82) is 0 Å². The predicted molar refractivity (Wildman–Crippen MR) is 124 cm³/mol. The highest BCUT2D eigenvalue weighted by atomic mass is 32.2. The summed E-state index contributed by atoms with van der Waals surface area (Å²) in [4.78, 5) is 12.6. The number of carbonyl (C=O) groups is 1. The Hall–Kier alpha value is -3.17. The molecule has 0 fully saturated rings. The lowest BCUT2D eigenvalue weighted by Gasteiger charge is -2.19. The topological polar surface area (TPSA) is 88.9 Å². The van der Waals surface area contributed by atoms with Crippen LogP contribution in [0.5, 0.6) is 5.75 Å². The van der Waals surface area contributed by atoms with Gasteiger partial charge in [0.15, 0.2) is 0 Å². The molecule has 1 heterocycles. The van der Waals surface area contributed by atoms with Crippen molar-refractivity contribution in [3.8, 4) is 17.1 Å². The van der Waals surface area contributed by atoms with Crippen molar-refractivity contribution in [2.45, 2.75) is 31.6 Å². The van der Waals surface area contributed by atoms with E-state index in [0.717, 1.165) is 0 Å². The summed E-state index contributed by atoms with van der Waals surface area (Å²) in [7, 11) is -2.24. The molecular weight excluding hydrogens is 447 g/mol. The van der Waals surface area contributed by atoms with Gasteiger partial charge in [-0.15, -0.1) is 0 Å². The number of nitrogens with zero attached hydrogens (tertiary/aromatic N) is 1. The van der Waals surface area contributed by atoms with Crippen LogP contribution in [0.1, 0.15) is 26.0 Å². The second kappa shape index (κ2) is 10.6. The summed E-state index contributed by atoms with van der Waals surface area (Å²) in [6.45, 7) is 4.20. The van der Waals surface area contributed by atoms with E-state index in [-0.39, 0.29) is 28.7 Å². The first kappa shape index (κ1) is 24.5. The predicted octanol–water partition coefficient (Wildman–Crippen LogP) is 4.70.